The van der Waals surface area contributed by atoms with E-state index in [4.69, 9.17) is 10.9 Å². The molecule has 4 heteroatoms. The number of oxime groups is 1. The Morgan fingerprint density at radius 3 is 2.58 bits per heavy atom. The number of rotatable bonds is 5. The number of benzene rings is 1. The van der Waals surface area contributed by atoms with Crippen molar-refractivity contribution >= 4 is 5.84 Å². The van der Waals surface area contributed by atoms with Crippen molar-refractivity contribution in [3.8, 4) is 0 Å². The second-order valence-electron chi connectivity index (χ2n) is 5.23. The van der Waals surface area contributed by atoms with Gasteiger partial charge in [0.15, 0.2) is 0 Å². The van der Waals surface area contributed by atoms with Gasteiger partial charge in [-0.25, -0.2) is 0 Å². The number of nitrogens with zero attached hydrogens (tertiary/aromatic N) is 1. The van der Waals surface area contributed by atoms with Crippen LogP contribution in [0.3, 0.4) is 0 Å². The van der Waals surface area contributed by atoms with E-state index in [0.29, 0.717) is 6.04 Å². The van der Waals surface area contributed by atoms with Crippen molar-refractivity contribution in [2.24, 2.45) is 10.9 Å². The SMILES string of the molecule is NC(=NO)C(CNC1CCCCC1)c1ccccc1. The maximum atomic E-state index is 8.94. The third-order valence-electron chi connectivity index (χ3n) is 3.89. The van der Waals surface area contributed by atoms with Crippen molar-refractivity contribution in [1.29, 1.82) is 0 Å². The molecule has 0 saturated heterocycles. The van der Waals surface area contributed by atoms with Gasteiger partial charge >= 0.3 is 0 Å². The molecule has 1 aromatic rings. The minimum absolute atomic E-state index is 0.0619. The lowest BCUT2D eigenvalue weighted by Gasteiger charge is -2.25. The van der Waals surface area contributed by atoms with Gasteiger partial charge in [-0.1, -0.05) is 54.8 Å². The number of amidine groups is 1. The van der Waals surface area contributed by atoms with Gasteiger partial charge in [0, 0.05) is 12.6 Å². The van der Waals surface area contributed by atoms with Crippen LogP contribution in [0.5, 0.6) is 0 Å². The van der Waals surface area contributed by atoms with Crippen molar-refractivity contribution in [1.82, 2.24) is 5.32 Å². The smallest absolute Gasteiger partial charge is 0.147 e. The number of nitrogens with two attached hydrogens (primary N) is 1. The Hall–Kier alpha value is -1.55. The van der Waals surface area contributed by atoms with Crippen LogP contribution in [0.15, 0.2) is 35.5 Å². The molecule has 19 heavy (non-hydrogen) atoms. The summed E-state index contributed by atoms with van der Waals surface area (Å²) >= 11 is 0. The average Bonchev–Trinajstić information content (AvgIpc) is 2.49. The van der Waals surface area contributed by atoms with Gasteiger partial charge in [0.2, 0.25) is 0 Å². The Morgan fingerprint density at radius 1 is 1.26 bits per heavy atom. The van der Waals surface area contributed by atoms with Crippen molar-refractivity contribution < 1.29 is 5.21 Å². The third-order valence-corrected chi connectivity index (χ3v) is 3.89. The minimum Gasteiger partial charge on any atom is -0.409 e. The number of hydrogen-bond acceptors (Lipinski definition) is 3. The highest BCUT2D eigenvalue weighted by Gasteiger charge is 2.19. The van der Waals surface area contributed by atoms with Crippen LogP contribution < -0.4 is 11.1 Å². The van der Waals surface area contributed by atoms with E-state index in [2.05, 4.69) is 10.5 Å². The van der Waals surface area contributed by atoms with Crippen LogP contribution in [0.4, 0.5) is 0 Å². The normalized spacial score (nSPS) is 19.3. The maximum absolute atomic E-state index is 8.94. The molecule has 0 spiro atoms. The van der Waals surface area contributed by atoms with E-state index in [1.807, 2.05) is 30.3 Å². The van der Waals surface area contributed by atoms with Gasteiger partial charge in [-0.2, -0.15) is 0 Å². The van der Waals surface area contributed by atoms with Gasteiger partial charge in [0.25, 0.3) is 0 Å². The van der Waals surface area contributed by atoms with Gasteiger partial charge < -0.3 is 16.3 Å². The minimum atomic E-state index is -0.0619. The summed E-state index contributed by atoms with van der Waals surface area (Å²) in [6.07, 6.45) is 6.42. The fourth-order valence-electron chi connectivity index (χ4n) is 2.74. The standard InChI is InChI=1S/C15H23N3O/c16-15(18-19)14(12-7-3-1-4-8-12)11-17-13-9-5-2-6-10-13/h1,3-4,7-8,13-14,17,19H,2,5-6,9-11H2,(H2,16,18). The highest BCUT2D eigenvalue weighted by molar-refractivity contribution is 5.87. The lowest BCUT2D eigenvalue weighted by Crippen LogP contribution is -2.38. The molecule has 4 nitrogen and oxygen atoms in total. The van der Waals surface area contributed by atoms with E-state index in [-0.39, 0.29) is 11.8 Å². The van der Waals surface area contributed by atoms with Crippen LogP contribution in [0.1, 0.15) is 43.6 Å². The highest BCUT2D eigenvalue weighted by Crippen LogP contribution is 2.20. The van der Waals surface area contributed by atoms with E-state index in [1.54, 1.807) is 0 Å². The van der Waals surface area contributed by atoms with Crippen LogP contribution in [-0.2, 0) is 0 Å². The fraction of sp³-hybridized carbons (Fsp3) is 0.533. The Morgan fingerprint density at radius 2 is 1.95 bits per heavy atom. The largest absolute Gasteiger partial charge is 0.409 e. The predicted octanol–water partition coefficient (Wildman–Crippen LogP) is 2.44. The first-order valence-electron chi connectivity index (χ1n) is 7.07. The van der Waals surface area contributed by atoms with Crippen molar-refractivity contribution in [2.75, 3.05) is 6.54 Å². The topological polar surface area (TPSA) is 70.6 Å². The van der Waals surface area contributed by atoms with E-state index in [1.165, 1.54) is 32.1 Å². The Balaban J connectivity index is 1.98. The van der Waals surface area contributed by atoms with Crippen LogP contribution in [0.25, 0.3) is 0 Å². The molecule has 0 radical (unpaired) electrons. The second-order valence-corrected chi connectivity index (χ2v) is 5.23. The molecule has 2 rings (SSSR count). The number of nitrogens with one attached hydrogen (secondary N) is 1. The third kappa shape index (κ3) is 3.96. The molecule has 1 saturated carbocycles. The molecule has 1 unspecified atom stereocenters. The van der Waals surface area contributed by atoms with Gasteiger partial charge in [-0.05, 0) is 18.4 Å². The summed E-state index contributed by atoms with van der Waals surface area (Å²) < 4.78 is 0. The molecule has 1 aliphatic rings. The summed E-state index contributed by atoms with van der Waals surface area (Å²) in [6.45, 7) is 0.727. The molecular formula is C15H23N3O. The van der Waals surface area contributed by atoms with Crippen LogP contribution in [0, 0.1) is 0 Å². The summed E-state index contributed by atoms with van der Waals surface area (Å²) in [5.74, 6) is 0.211. The monoisotopic (exact) mass is 261 g/mol. The van der Waals surface area contributed by atoms with Gasteiger partial charge in [-0.3, -0.25) is 0 Å². The predicted molar refractivity (Wildman–Crippen MR) is 77.5 cm³/mol. The average molecular weight is 261 g/mol. The summed E-state index contributed by atoms with van der Waals surface area (Å²) in [6, 6.07) is 10.5. The Kier molecular flexibility index (Phi) is 5.21. The van der Waals surface area contributed by atoms with Crippen LogP contribution in [0.2, 0.25) is 0 Å². The second kappa shape index (κ2) is 7.14. The van der Waals surface area contributed by atoms with E-state index in [9.17, 15) is 0 Å². The zero-order chi connectivity index (χ0) is 13.5. The fourth-order valence-corrected chi connectivity index (χ4v) is 2.74. The number of hydrogen-bond donors (Lipinski definition) is 3. The van der Waals surface area contributed by atoms with Crippen LogP contribution >= 0.6 is 0 Å². The molecule has 0 aliphatic heterocycles. The molecule has 0 amide bonds. The van der Waals surface area contributed by atoms with Gasteiger partial charge in [0.1, 0.15) is 5.84 Å². The zero-order valence-electron chi connectivity index (χ0n) is 11.3. The Bertz CT molecular complexity index is 399. The summed E-state index contributed by atoms with van der Waals surface area (Å²) in [5.41, 5.74) is 6.91. The highest BCUT2D eigenvalue weighted by atomic mass is 16.4. The first-order chi connectivity index (χ1) is 9.31. The zero-order valence-corrected chi connectivity index (χ0v) is 11.3. The quantitative estimate of drug-likeness (QED) is 0.330. The lowest BCUT2D eigenvalue weighted by atomic mass is 9.93. The van der Waals surface area contributed by atoms with E-state index in [0.717, 1.165) is 12.1 Å². The summed E-state index contributed by atoms with van der Waals surface area (Å²) in [5, 5.41) is 15.7. The molecule has 0 heterocycles. The van der Waals surface area contributed by atoms with E-state index >= 15 is 0 Å². The first kappa shape index (κ1) is 13.9. The lowest BCUT2D eigenvalue weighted by molar-refractivity contribution is 0.314. The molecular weight excluding hydrogens is 238 g/mol. The van der Waals surface area contributed by atoms with Crippen molar-refractivity contribution in [3.05, 3.63) is 35.9 Å². The van der Waals surface area contributed by atoms with E-state index < -0.39 is 0 Å². The van der Waals surface area contributed by atoms with Crippen molar-refractivity contribution in [3.63, 3.8) is 0 Å². The van der Waals surface area contributed by atoms with Crippen LogP contribution in [-0.4, -0.2) is 23.6 Å². The van der Waals surface area contributed by atoms with Crippen molar-refractivity contribution in [2.45, 2.75) is 44.1 Å². The molecule has 1 atom stereocenters. The molecule has 0 aromatic heterocycles. The molecule has 104 valence electrons. The first-order valence-corrected chi connectivity index (χ1v) is 7.07. The molecule has 1 aromatic carbocycles. The van der Waals surface area contributed by atoms with Gasteiger partial charge in [-0.15, -0.1) is 0 Å². The molecule has 1 fully saturated rings. The maximum Gasteiger partial charge on any atom is 0.147 e. The molecule has 0 bridgehead atoms. The summed E-state index contributed by atoms with van der Waals surface area (Å²) in [4.78, 5) is 0. The van der Waals surface area contributed by atoms with Gasteiger partial charge in [0.05, 0.1) is 5.92 Å². The summed E-state index contributed by atoms with van der Waals surface area (Å²) in [7, 11) is 0. The Labute approximate surface area is 114 Å². The molecule has 4 N–H and O–H groups in total. The molecule has 1 aliphatic carbocycles.